The molecule has 24 heavy (non-hydrogen) atoms. The zero-order valence-corrected chi connectivity index (χ0v) is 15.2. The fraction of sp³-hybridized carbons (Fsp3) is 0.350. The van der Waals surface area contributed by atoms with Crippen LogP contribution in [0.15, 0.2) is 48.5 Å². The third-order valence-electron chi connectivity index (χ3n) is 3.57. The minimum Gasteiger partial charge on any atom is -0.494 e. The number of carbonyl (C=O) groups excluding carboxylic acids is 1. The number of thioether (sulfide) groups is 1. The average molecular weight is 343 g/mol. The Hall–Kier alpha value is -1.94. The van der Waals surface area contributed by atoms with Gasteiger partial charge in [-0.05, 0) is 60.9 Å². The predicted molar refractivity (Wildman–Crippen MR) is 103 cm³/mol. The van der Waals surface area contributed by atoms with Crippen LogP contribution in [-0.2, 0) is 11.2 Å². The van der Waals surface area contributed by atoms with Crippen LogP contribution >= 0.6 is 11.8 Å². The summed E-state index contributed by atoms with van der Waals surface area (Å²) in [5.74, 6) is 2.34. The highest BCUT2D eigenvalue weighted by atomic mass is 32.2. The monoisotopic (exact) mass is 343 g/mol. The molecule has 2 aromatic rings. The molecule has 0 aliphatic heterocycles. The summed E-state index contributed by atoms with van der Waals surface area (Å²) in [7, 11) is 0. The van der Waals surface area contributed by atoms with Gasteiger partial charge in [-0.25, -0.2) is 0 Å². The minimum atomic E-state index is 0.0432. The van der Waals surface area contributed by atoms with Gasteiger partial charge in [0, 0.05) is 5.69 Å². The van der Waals surface area contributed by atoms with Crippen LogP contribution in [0.1, 0.15) is 24.5 Å². The molecule has 2 rings (SSSR count). The summed E-state index contributed by atoms with van der Waals surface area (Å²) in [5, 5.41) is 2.92. The Kier molecular flexibility index (Phi) is 7.69. The smallest absolute Gasteiger partial charge is 0.234 e. The summed E-state index contributed by atoms with van der Waals surface area (Å²) in [6.07, 6.45) is 1.97. The maximum absolute atomic E-state index is 11.9. The molecule has 0 saturated carbocycles. The van der Waals surface area contributed by atoms with Crippen LogP contribution in [0.3, 0.4) is 0 Å². The predicted octanol–water partition coefficient (Wildman–Crippen LogP) is 4.70. The second-order valence-corrected chi connectivity index (χ2v) is 6.77. The summed E-state index contributed by atoms with van der Waals surface area (Å²) in [5.41, 5.74) is 3.32. The number of anilines is 1. The first-order chi connectivity index (χ1) is 11.7. The van der Waals surface area contributed by atoms with E-state index < -0.39 is 0 Å². The van der Waals surface area contributed by atoms with Crippen LogP contribution in [0.4, 0.5) is 5.69 Å². The third-order valence-corrected chi connectivity index (χ3v) is 4.61. The van der Waals surface area contributed by atoms with Crippen LogP contribution in [0, 0.1) is 6.92 Å². The number of hydrogen-bond acceptors (Lipinski definition) is 3. The molecule has 3 nitrogen and oxygen atoms in total. The van der Waals surface area contributed by atoms with Crippen LogP contribution in [0.25, 0.3) is 0 Å². The number of carbonyl (C=O) groups is 1. The summed E-state index contributed by atoms with van der Waals surface area (Å²) in [4.78, 5) is 11.9. The van der Waals surface area contributed by atoms with E-state index in [0.717, 1.165) is 35.6 Å². The quantitative estimate of drug-likeness (QED) is 0.671. The third kappa shape index (κ3) is 6.67. The van der Waals surface area contributed by atoms with E-state index in [0.29, 0.717) is 12.4 Å². The molecule has 0 saturated heterocycles. The molecule has 0 heterocycles. The van der Waals surface area contributed by atoms with Crippen LogP contribution in [0.5, 0.6) is 5.75 Å². The van der Waals surface area contributed by atoms with Gasteiger partial charge >= 0.3 is 0 Å². The summed E-state index contributed by atoms with van der Waals surface area (Å²) >= 11 is 1.63. The van der Waals surface area contributed by atoms with Crippen LogP contribution < -0.4 is 10.1 Å². The summed E-state index contributed by atoms with van der Waals surface area (Å²) in [6.45, 7) is 4.83. The van der Waals surface area contributed by atoms with E-state index in [9.17, 15) is 4.79 Å². The molecule has 1 N–H and O–H groups in total. The zero-order valence-electron chi connectivity index (χ0n) is 14.4. The van der Waals surface area contributed by atoms with Crippen LogP contribution in [-0.4, -0.2) is 24.0 Å². The summed E-state index contributed by atoms with van der Waals surface area (Å²) in [6, 6.07) is 16.1. The molecule has 0 fully saturated rings. The van der Waals surface area contributed by atoms with Crippen molar-refractivity contribution in [1.29, 1.82) is 0 Å². The molecule has 0 aliphatic carbocycles. The van der Waals surface area contributed by atoms with Gasteiger partial charge in [-0.2, -0.15) is 11.8 Å². The minimum absolute atomic E-state index is 0.0432. The van der Waals surface area contributed by atoms with Gasteiger partial charge in [-0.1, -0.05) is 31.2 Å². The van der Waals surface area contributed by atoms with Gasteiger partial charge in [0.05, 0.1) is 12.4 Å². The van der Waals surface area contributed by atoms with E-state index >= 15 is 0 Å². The lowest BCUT2D eigenvalue weighted by atomic mass is 10.2. The van der Waals surface area contributed by atoms with Crippen molar-refractivity contribution in [3.8, 4) is 5.75 Å². The molecule has 128 valence electrons. The van der Waals surface area contributed by atoms with Gasteiger partial charge < -0.3 is 10.1 Å². The maximum atomic E-state index is 11.9. The van der Waals surface area contributed by atoms with Gasteiger partial charge in [0.15, 0.2) is 0 Å². The first kappa shape index (κ1) is 18.4. The molecule has 0 atom stereocenters. The highest BCUT2D eigenvalue weighted by Gasteiger charge is 2.03. The Morgan fingerprint density at radius 3 is 2.67 bits per heavy atom. The molecule has 0 unspecified atom stereocenters. The molecule has 0 aromatic heterocycles. The van der Waals surface area contributed by atoms with Crippen molar-refractivity contribution < 1.29 is 9.53 Å². The van der Waals surface area contributed by atoms with E-state index in [1.54, 1.807) is 11.8 Å². The second-order valence-electron chi connectivity index (χ2n) is 5.67. The van der Waals surface area contributed by atoms with Crippen molar-refractivity contribution in [3.63, 3.8) is 0 Å². The molecule has 4 heteroatoms. The van der Waals surface area contributed by atoms with Gasteiger partial charge in [0.2, 0.25) is 5.91 Å². The number of ether oxygens (including phenoxy) is 1. The van der Waals surface area contributed by atoms with Gasteiger partial charge in [-0.15, -0.1) is 0 Å². The highest BCUT2D eigenvalue weighted by Crippen LogP contribution is 2.14. The first-order valence-corrected chi connectivity index (χ1v) is 9.49. The molecular formula is C20H25NO2S. The number of nitrogens with one attached hydrogen (secondary N) is 1. The van der Waals surface area contributed by atoms with Crippen molar-refractivity contribution in [3.05, 3.63) is 59.7 Å². The van der Waals surface area contributed by atoms with Crippen LogP contribution in [0.2, 0.25) is 0 Å². The lowest BCUT2D eigenvalue weighted by Crippen LogP contribution is -2.14. The number of amides is 1. The lowest BCUT2D eigenvalue weighted by Gasteiger charge is -2.07. The number of aryl methyl sites for hydroxylation is 2. The van der Waals surface area contributed by atoms with E-state index in [1.807, 2.05) is 43.3 Å². The van der Waals surface area contributed by atoms with E-state index in [4.69, 9.17) is 4.74 Å². The zero-order chi connectivity index (χ0) is 17.2. The Morgan fingerprint density at radius 2 is 1.96 bits per heavy atom. The molecular weight excluding hydrogens is 318 g/mol. The number of hydrogen-bond donors (Lipinski definition) is 1. The lowest BCUT2D eigenvalue weighted by molar-refractivity contribution is -0.113. The fourth-order valence-corrected chi connectivity index (χ4v) is 2.98. The Morgan fingerprint density at radius 1 is 1.17 bits per heavy atom. The molecule has 0 aliphatic rings. The fourth-order valence-electron chi connectivity index (χ4n) is 2.26. The van der Waals surface area contributed by atoms with E-state index in [2.05, 4.69) is 24.4 Å². The van der Waals surface area contributed by atoms with Gasteiger partial charge in [0.1, 0.15) is 5.75 Å². The van der Waals surface area contributed by atoms with Crippen molar-refractivity contribution >= 4 is 23.4 Å². The second kappa shape index (κ2) is 10.0. The molecule has 2 aromatic carbocycles. The SMILES string of the molecule is CCc1ccc(OCCCSCC(=O)Nc2cccc(C)c2)cc1. The van der Waals surface area contributed by atoms with E-state index in [1.165, 1.54) is 5.56 Å². The molecule has 0 radical (unpaired) electrons. The van der Waals surface area contributed by atoms with E-state index in [-0.39, 0.29) is 5.91 Å². The molecule has 1 amide bonds. The number of benzene rings is 2. The Bertz CT molecular complexity index is 640. The average Bonchev–Trinajstić information content (AvgIpc) is 2.58. The Labute approximate surface area is 148 Å². The molecule has 0 bridgehead atoms. The number of rotatable bonds is 9. The largest absolute Gasteiger partial charge is 0.494 e. The maximum Gasteiger partial charge on any atom is 0.234 e. The van der Waals surface area contributed by atoms with Crippen molar-refractivity contribution in [2.24, 2.45) is 0 Å². The normalized spacial score (nSPS) is 10.4. The Balaban J connectivity index is 1.56. The first-order valence-electron chi connectivity index (χ1n) is 8.33. The van der Waals surface area contributed by atoms with Gasteiger partial charge in [0.25, 0.3) is 0 Å². The van der Waals surface area contributed by atoms with Crippen molar-refractivity contribution in [1.82, 2.24) is 0 Å². The van der Waals surface area contributed by atoms with Crippen molar-refractivity contribution in [2.75, 3.05) is 23.4 Å². The topological polar surface area (TPSA) is 38.3 Å². The highest BCUT2D eigenvalue weighted by molar-refractivity contribution is 7.99. The standard InChI is InChI=1S/C20H25NO2S/c1-3-17-8-10-19(11-9-17)23-12-5-13-24-15-20(22)21-18-7-4-6-16(2)14-18/h4,6-11,14H,3,5,12-13,15H2,1-2H3,(H,21,22). The van der Waals surface area contributed by atoms with Crippen molar-refractivity contribution in [2.45, 2.75) is 26.7 Å². The summed E-state index contributed by atoms with van der Waals surface area (Å²) < 4.78 is 5.71. The van der Waals surface area contributed by atoms with Gasteiger partial charge in [-0.3, -0.25) is 4.79 Å². The molecule has 0 spiro atoms.